The number of nitrogens with one attached hydrogen (secondary N) is 1. The summed E-state index contributed by atoms with van der Waals surface area (Å²) in [6.45, 7) is 8.18. The molecule has 1 rings (SSSR count). The fourth-order valence-corrected chi connectivity index (χ4v) is 5.30. The minimum Gasteiger partial charge on any atom is -0.374 e. The topological polar surface area (TPSA) is 86.3 Å². The lowest BCUT2D eigenvalue weighted by Gasteiger charge is -2.28. The molecule has 146 valence electrons. The van der Waals surface area contributed by atoms with Crippen LogP contribution in [0.5, 0.6) is 0 Å². The smallest absolute Gasteiger partial charge is 0.374 e. The van der Waals surface area contributed by atoms with E-state index in [1.165, 1.54) is 5.06 Å². The van der Waals surface area contributed by atoms with Crippen molar-refractivity contribution in [2.24, 2.45) is 0 Å². The van der Waals surface area contributed by atoms with Crippen LogP contribution in [0.2, 0.25) is 6.04 Å². The number of nitrogens with zero attached hydrogens (tertiary/aromatic N) is 1. The molecule has 25 heavy (non-hydrogen) atoms. The van der Waals surface area contributed by atoms with E-state index in [4.69, 9.17) is 18.1 Å². The lowest BCUT2D eigenvalue weighted by Crippen LogP contribution is -2.46. The largest absolute Gasteiger partial charge is 0.500 e. The monoisotopic (exact) mass is 376 g/mol. The van der Waals surface area contributed by atoms with E-state index < -0.39 is 14.9 Å². The van der Waals surface area contributed by atoms with Gasteiger partial charge in [0.1, 0.15) is 0 Å². The Labute approximate surface area is 151 Å². The highest BCUT2D eigenvalue weighted by Crippen LogP contribution is 2.18. The highest BCUT2D eigenvalue weighted by Gasteiger charge is 2.39. The summed E-state index contributed by atoms with van der Waals surface area (Å²) in [5.41, 5.74) is 0. The van der Waals surface area contributed by atoms with Crippen molar-refractivity contribution in [1.29, 1.82) is 0 Å². The van der Waals surface area contributed by atoms with Gasteiger partial charge in [-0.1, -0.05) is 6.42 Å². The van der Waals surface area contributed by atoms with Gasteiger partial charge in [0.2, 0.25) is 0 Å². The quantitative estimate of drug-likeness (QED) is 0.440. The molecule has 0 bridgehead atoms. The second-order valence-corrected chi connectivity index (χ2v) is 8.43. The lowest BCUT2D eigenvalue weighted by atomic mass is 10.2. The molecule has 0 radical (unpaired) electrons. The van der Waals surface area contributed by atoms with Crippen LogP contribution in [-0.2, 0) is 22.9 Å². The van der Waals surface area contributed by atoms with Crippen molar-refractivity contribution in [3.63, 3.8) is 0 Å². The van der Waals surface area contributed by atoms with E-state index in [9.17, 15) is 9.59 Å². The van der Waals surface area contributed by atoms with E-state index in [2.05, 4.69) is 5.32 Å². The number of rotatable bonds is 11. The third-order valence-electron chi connectivity index (χ3n) is 3.74. The molecule has 8 nitrogen and oxygen atoms in total. The van der Waals surface area contributed by atoms with Crippen molar-refractivity contribution >= 4 is 20.8 Å². The van der Waals surface area contributed by atoms with Gasteiger partial charge >= 0.3 is 14.9 Å². The van der Waals surface area contributed by atoms with E-state index in [0.29, 0.717) is 51.8 Å². The summed E-state index contributed by atoms with van der Waals surface area (Å²) in [4.78, 5) is 28.8. The Balaban J connectivity index is 2.36. The Bertz CT molecular complexity index is 393. The molecule has 0 aromatic heterocycles. The van der Waals surface area contributed by atoms with Gasteiger partial charge in [-0.15, -0.1) is 0 Å². The third kappa shape index (κ3) is 8.17. The maximum Gasteiger partial charge on any atom is 0.500 e. The normalized spacial score (nSPS) is 15.8. The number of hydrogen-bond donors (Lipinski definition) is 1. The van der Waals surface area contributed by atoms with Crippen LogP contribution in [0, 0.1) is 0 Å². The Kier molecular flexibility index (Phi) is 10.7. The second kappa shape index (κ2) is 12.2. The van der Waals surface area contributed by atoms with Crippen LogP contribution < -0.4 is 5.32 Å². The molecule has 1 saturated heterocycles. The number of hydrogen-bond acceptors (Lipinski definition) is 6. The molecule has 1 aliphatic rings. The van der Waals surface area contributed by atoms with Gasteiger partial charge < -0.3 is 23.4 Å². The average molecular weight is 377 g/mol. The minimum atomic E-state index is -2.68. The molecule has 0 spiro atoms. The summed E-state index contributed by atoms with van der Waals surface area (Å²) in [5.74, 6) is -0.136. The van der Waals surface area contributed by atoms with Crippen LogP contribution in [0.1, 0.15) is 52.9 Å². The zero-order valence-corrected chi connectivity index (χ0v) is 16.7. The van der Waals surface area contributed by atoms with Crippen LogP contribution >= 0.6 is 0 Å². The highest BCUT2D eigenvalue weighted by atomic mass is 28.4. The Hall–Kier alpha value is -1.16. The lowest BCUT2D eigenvalue weighted by molar-refractivity contribution is -0.164. The predicted octanol–water partition coefficient (Wildman–Crippen LogP) is 2.47. The van der Waals surface area contributed by atoms with Crippen LogP contribution in [0.3, 0.4) is 0 Å². The standard InChI is InChI=1S/C16H32N2O6Si/c1-4-21-25(22-5-2,23-6-3)14-10-12-17-16(20)24-18-13-9-7-8-11-15(18)19/h4-14H2,1-3H3,(H,17,20). The summed E-state index contributed by atoms with van der Waals surface area (Å²) in [7, 11) is -2.68. The molecule has 0 saturated carbocycles. The van der Waals surface area contributed by atoms with Gasteiger partial charge in [0.15, 0.2) is 0 Å². The first-order valence-corrected chi connectivity index (χ1v) is 11.2. The minimum absolute atomic E-state index is 0.136. The van der Waals surface area contributed by atoms with Gasteiger partial charge in [-0.2, -0.15) is 5.06 Å². The molecule has 1 N–H and O–H groups in total. The first-order valence-electron chi connectivity index (χ1n) is 9.25. The Morgan fingerprint density at radius 1 is 1.08 bits per heavy atom. The second-order valence-electron chi connectivity index (χ2n) is 5.70. The van der Waals surface area contributed by atoms with Crippen molar-refractivity contribution in [2.75, 3.05) is 32.9 Å². The van der Waals surface area contributed by atoms with Gasteiger partial charge in [0.25, 0.3) is 5.91 Å². The Morgan fingerprint density at radius 3 is 2.32 bits per heavy atom. The zero-order valence-electron chi connectivity index (χ0n) is 15.7. The maximum atomic E-state index is 11.9. The summed E-state index contributed by atoms with van der Waals surface area (Å²) >= 11 is 0. The molecule has 1 heterocycles. The van der Waals surface area contributed by atoms with E-state index in [1.807, 2.05) is 20.8 Å². The summed E-state index contributed by atoms with van der Waals surface area (Å²) in [6.07, 6.45) is 3.15. The summed E-state index contributed by atoms with van der Waals surface area (Å²) in [5, 5.41) is 3.84. The van der Waals surface area contributed by atoms with Gasteiger partial charge in [-0.3, -0.25) is 4.79 Å². The first kappa shape index (κ1) is 21.9. The summed E-state index contributed by atoms with van der Waals surface area (Å²) in [6, 6.07) is 0.617. The molecular formula is C16H32N2O6Si. The molecule has 9 heteroatoms. The number of hydroxylamine groups is 2. The van der Waals surface area contributed by atoms with Gasteiger partial charge in [-0.25, -0.2) is 4.79 Å². The highest BCUT2D eigenvalue weighted by molar-refractivity contribution is 6.60. The van der Waals surface area contributed by atoms with Crippen molar-refractivity contribution in [3.05, 3.63) is 0 Å². The van der Waals surface area contributed by atoms with E-state index in [1.54, 1.807) is 0 Å². The van der Waals surface area contributed by atoms with Crippen LogP contribution in [-0.4, -0.2) is 58.8 Å². The van der Waals surface area contributed by atoms with E-state index >= 15 is 0 Å². The summed E-state index contributed by atoms with van der Waals surface area (Å²) < 4.78 is 17.3. The number of amides is 2. The molecule has 2 amide bonds. The fraction of sp³-hybridized carbons (Fsp3) is 0.875. The SMILES string of the molecule is CCO[Si](CCCNC(=O)ON1CCCCCC1=O)(OCC)OCC. The molecule has 1 fully saturated rings. The van der Waals surface area contributed by atoms with Gasteiger partial charge in [0.05, 0.1) is 6.54 Å². The Morgan fingerprint density at radius 2 is 1.72 bits per heavy atom. The molecule has 0 aromatic carbocycles. The van der Waals surface area contributed by atoms with Crippen molar-refractivity contribution in [3.8, 4) is 0 Å². The molecule has 1 aliphatic heterocycles. The fourth-order valence-electron chi connectivity index (χ4n) is 2.68. The van der Waals surface area contributed by atoms with Gasteiger partial charge in [-0.05, 0) is 40.0 Å². The van der Waals surface area contributed by atoms with E-state index in [0.717, 1.165) is 19.3 Å². The first-order chi connectivity index (χ1) is 12.1. The molecule has 0 aromatic rings. The van der Waals surface area contributed by atoms with Crippen molar-refractivity contribution in [2.45, 2.75) is 58.9 Å². The zero-order chi connectivity index (χ0) is 18.5. The molecule has 0 aliphatic carbocycles. The number of carbonyl (C=O) groups is 2. The molecule has 0 unspecified atom stereocenters. The molecular weight excluding hydrogens is 344 g/mol. The van der Waals surface area contributed by atoms with Crippen LogP contribution in [0.25, 0.3) is 0 Å². The molecule has 0 atom stereocenters. The van der Waals surface area contributed by atoms with Crippen LogP contribution in [0.4, 0.5) is 4.79 Å². The third-order valence-corrected chi connectivity index (χ3v) is 6.90. The number of carbonyl (C=O) groups excluding carboxylic acids is 2. The predicted molar refractivity (Wildman–Crippen MR) is 94.7 cm³/mol. The maximum absolute atomic E-state index is 11.9. The van der Waals surface area contributed by atoms with Gasteiger partial charge in [0, 0.05) is 38.8 Å². The average Bonchev–Trinajstić information content (AvgIpc) is 2.77. The van der Waals surface area contributed by atoms with Crippen molar-refractivity contribution < 1.29 is 27.7 Å². The van der Waals surface area contributed by atoms with Crippen LogP contribution in [0.15, 0.2) is 0 Å². The van der Waals surface area contributed by atoms with E-state index in [-0.39, 0.29) is 5.91 Å². The van der Waals surface area contributed by atoms with Crippen molar-refractivity contribution in [1.82, 2.24) is 10.4 Å².